The number of nitrogens with two attached hydrogens (primary N) is 1. The van der Waals surface area contributed by atoms with Crippen LogP contribution in [-0.4, -0.2) is 32.8 Å². The molecule has 0 radical (unpaired) electrons. The third kappa shape index (κ3) is 4.95. The number of hydrogen-bond donors (Lipinski definition) is 3. The molecule has 0 aromatic heterocycles. The Hall–Kier alpha value is -2.98. The van der Waals surface area contributed by atoms with Crippen LogP contribution in [0.5, 0.6) is 0 Å². The summed E-state index contributed by atoms with van der Waals surface area (Å²) in [5.74, 6) is -1.14. The van der Waals surface area contributed by atoms with Gasteiger partial charge in [-0.2, -0.15) is 0 Å². The second kappa shape index (κ2) is 8.80. The van der Waals surface area contributed by atoms with Crippen molar-refractivity contribution in [2.45, 2.75) is 37.1 Å². The van der Waals surface area contributed by atoms with E-state index < -0.39 is 27.8 Å². The summed E-state index contributed by atoms with van der Waals surface area (Å²) in [6.07, 6.45) is 1.42. The smallest absolute Gasteiger partial charge is 0.250 e. The summed E-state index contributed by atoms with van der Waals surface area (Å²) in [4.78, 5) is 26.9. The monoisotopic (exact) mass is 434 g/mol. The summed E-state index contributed by atoms with van der Waals surface area (Å²) in [6.45, 7) is 2.43. The Labute approximate surface area is 174 Å². The van der Waals surface area contributed by atoms with Crippen LogP contribution in [0.4, 0.5) is 21.5 Å². The number of anilines is 3. The van der Waals surface area contributed by atoms with Crippen molar-refractivity contribution in [1.82, 2.24) is 0 Å². The molecule has 4 N–H and O–H groups in total. The maximum Gasteiger partial charge on any atom is 0.250 e. The molecule has 30 heavy (non-hydrogen) atoms. The van der Waals surface area contributed by atoms with Crippen molar-refractivity contribution in [3.63, 3.8) is 0 Å². The number of carbonyl (C=O) groups is 2. The minimum atomic E-state index is -3.92. The van der Waals surface area contributed by atoms with E-state index >= 15 is 0 Å². The number of amides is 2. The normalized spacial score (nSPS) is 16.0. The summed E-state index contributed by atoms with van der Waals surface area (Å²) >= 11 is 0. The molecule has 1 aliphatic rings. The lowest BCUT2D eigenvalue weighted by Crippen LogP contribution is -2.49. The summed E-state index contributed by atoms with van der Waals surface area (Å²) in [5.41, 5.74) is 1.36. The van der Waals surface area contributed by atoms with E-state index in [1.807, 2.05) is 6.92 Å². The second-order valence-electron chi connectivity index (χ2n) is 7.02. The first-order chi connectivity index (χ1) is 14.2. The van der Waals surface area contributed by atoms with E-state index in [1.165, 1.54) is 42.5 Å². The van der Waals surface area contributed by atoms with Gasteiger partial charge in [0, 0.05) is 12.2 Å². The molecular weight excluding hydrogens is 411 g/mol. The van der Waals surface area contributed by atoms with Gasteiger partial charge in [-0.3, -0.25) is 9.59 Å². The highest BCUT2D eigenvalue weighted by Crippen LogP contribution is 2.34. The van der Waals surface area contributed by atoms with E-state index in [4.69, 9.17) is 5.14 Å². The summed E-state index contributed by atoms with van der Waals surface area (Å²) in [7, 11) is -3.92. The number of nitrogens with one attached hydrogen (secondary N) is 2. The molecule has 1 atom stereocenters. The van der Waals surface area contributed by atoms with E-state index in [9.17, 15) is 22.4 Å². The average molecular weight is 434 g/mol. The molecule has 1 heterocycles. The molecule has 0 aliphatic carbocycles. The first kappa shape index (κ1) is 21.7. The van der Waals surface area contributed by atoms with Crippen molar-refractivity contribution in [2.24, 2.45) is 5.14 Å². The minimum absolute atomic E-state index is 0.0898. The van der Waals surface area contributed by atoms with E-state index in [1.54, 1.807) is 4.90 Å². The molecule has 0 bridgehead atoms. The number of primary sulfonamides is 1. The number of unbranched alkanes of at least 4 members (excludes halogenated alkanes) is 1. The number of sulfonamides is 1. The maximum absolute atomic E-state index is 13.0. The Balaban J connectivity index is 1.84. The van der Waals surface area contributed by atoms with Gasteiger partial charge in [0.15, 0.2) is 0 Å². The van der Waals surface area contributed by atoms with Gasteiger partial charge in [-0.25, -0.2) is 17.9 Å². The van der Waals surface area contributed by atoms with Crippen molar-refractivity contribution in [3.05, 3.63) is 48.3 Å². The molecule has 3 rings (SSSR count). The van der Waals surface area contributed by atoms with Gasteiger partial charge in [0.05, 0.1) is 22.7 Å². The zero-order valence-corrected chi connectivity index (χ0v) is 17.2. The van der Waals surface area contributed by atoms with Gasteiger partial charge < -0.3 is 15.5 Å². The van der Waals surface area contributed by atoms with Crippen LogP contribution in [0.2, 0.25) is 0 Å². The predicted molar refractivity (Wildman–Crippen MR) is 112 cm³/mol. The Bertz CT molecular complexity index is 1060. The topological polar surface area (TPSA) is 122 Å². The third-order valence-electron chi connectivity index (χ3n) is 4.73. The molecule has 0 fully saturated rings. The first-order valence-corrected chi connectivity index (χ1v) is 11.0. The van der Waals surface area contributed by atoms with Crippen LogP contribution in [0.3, 0.4) is 0 Å². The van der Waals surface area contributed by atoms with Crippen molar-refractivity contribution >= 4 is 38.9 Å². The Morgan fingerprint density at radius 2 is 1.93 bits per heavy atom. The Morgan fingerprint density at radius 3 is 2.57 bits per heavy atom. The molecule has 1 unspecified atom stereocenters. The lowest BCUT2D eigenvalue weighted by Gasteiger charge is -2.35. The number of benzene rings is 2. The van der Waals surface area contributed by atoms with E-state index in [0.29, 0.717) is 23.6 Å². The van der Waals surface area contributed by atoms with Crippen LogP contribution in [0, 0.1) is 5.82 Å². The molecule has 0 saturated heterocycles. The largest absolute Gasteiger partial charge is 0.372 e. The fourth-order valence-electron chi connectivity index (χ4n) is 3.22. The quantitative estimate of drug-likeness (QED) is 0.618. The SMILES string of the molecule is CCCCN1C(=O)C(CC(=O)Nc2ccc(F)cc2)Nc2cc(S(N)(=O)=O)ccc21. The minimum Gasteiger partial charge on any atom is -0.372 e. The highest BCUT2D eigenvalue weighted by Gasteiger charge is 2.34. The molecule has 1 aliphatic heterocycles. The van der Waals surface area contributed by atoms with Crippen molar-refractivity contribution in [1.29, 1.82) is 0 Å². The van der Waals surface area contributed by atoms with Gasteiger partial charge >= 0.3 is 0 Å². The van der Waals surface area contributed by atoms with Gasteiger partial charge in [-0.15, -0.1) is 0 Å². The molecule has 10 heteroatoms. The predicted octanol–water partition coefficient (Wildman–Crippen LogP) is 2.43. The van der Waals surface area contributed by atoms with Crippen LogP contribution < -0.4 is 20.7 Å². The first-order valence-electron chi connectivity index (χ1n) is 9.49. The van der Waals surface area contributed by atoms with Crippen LogP contribution in [0.1, 0.15) is 26.2 Å². The van der Waals surface area contributed by atoms with E-state index in [2.05, 4.69) is 10.6 Å². The summed E-state index contributed by atoms with van der Waals surface area (Å²) < 4.78 is 36.4. The third-order valence-corrected chi connectivity index (χ3v) is 5.64. The van der Waals surface area contributed by atoms with Gasteiger partial charge in [0.2, 0.25) is 21.8 Å². The van der Waals surface area contributed by atoms with Crippen LogP contribution in [0.15, 0.2) is 47.4 Å². The van der Waals surface area contributed by atoms with Gasteiger partial charge in [0.25, 0.3) is 0 Å². The van der Waals surface area contributed by atoms with Gasteiger partial charge in [-0.05, 0) is 48.9 Å². The summed E-state index contributed by atoms with van der Waals surface area (Å²) in [5, 5.41) is 10.8. The van der Waals surface area contributed by atoms with Gasteiger partial charge in [0.1, 0.15) is 11.9 Å². The highest BCUT2D eigenvalue weighted by atomic mass is 32.2. The number of carbonyl (C=O) groups excluding carboxylic acids is 2. The highest BCUT2D eigenvalue weighted by molar-refractivity contribution is 7.89. The van der Waals surface area contributed by atoms with Crippen molar-refractivity contribution in [2.75, 3.05) is 22.1 Å². The lowest BCUT2D eigenvalue weighted by molar-refractivity contribution is -0.123. The maximum atomic E-state index is 13.0. The molecule has 0 saturated carbocycles. The molecule has 160 valence electrons. The molecular formula is C20H23FN4O4S. The van der Waals surface area contributed by atoms with E-state index in [-0.39, 0.29) is 17.2 Å². The lowest BCUT2D eigenvalue weighted by atomic mass is 10.0. The Morgan fingerprint density at radius 1 is 1.23 bits per heavy atom. The van der Waals surface area contributed by atoms with E-state index in [0.717, 1.165) is 12.8 Å². The molecule has 2 amide bonds. The second-order valence-corrected chi connectivity index (χ2v) is 8.58. The van der Waals surface area contributed by atoms with Crippen LogP contribution in [0.25, 0.3) is 0 Å². The zero-order chi connectivity index (χ0) is 21.9. The van der Waals surface area contributed by atoms with Crippen LogP contribution in [-0.2, 0) is 19.6 Å². The fourth-order valence-corrected chi connectivity index (χ4v) is 3.76. The molecule has 8 nitrogen and oxygen atoms in total. The molecule has 0 spiro atoms. The number of fused-ring (bicyclic) bond motifs is 1. The number of rotatable bonds is 7. The number of halogens is 1. The number of nitrogens with zero attached hydrogens (tertiary/aromatic N) is 1. The average Bonchev–Trinajstić information content (AvgIpc) is 2.69. The standard InChI is InChI=1S/C20H23FN4O4S/c1-2-3-10-25-18-9-8-15(30(22,28)29)11-16(18)24-17(20(25)27)12-19(26)23-14-6-4-13(21)5-7-14/h4-9,11,17,24H,2-3,10,12H2,1H3,(H,23,26)(H2,22,28,29). The molecule has 2 aromatic rings. The van der Waals surface area contributed by atoms with Crippen molar-refractivity contribution < 1.29 is 22.4 Å². The summed E-state index contributed by atoms with van der Waals surface area (Å²) in [6, 6.07) is 8.64. The number of hydrogen-bond acceptors (Lipinski definition) is 5. The van der Waals surface area contributed by atoms with Gasteiger partial charge in [-0.1, -0.05) is 13.3 Å². The van der Waals surface area contributed by atoms with Crippen molar-refractivity contribution in [3.8, 4) is 0 Å². The van der Waals surface area contributed by atoms with Crippen LogP contribution >= 0.6 is 0 Å². The molecule has 2 aromatic carbocycles. The zero-order valence-electron chi connectivity index (χ0n) is 16.4. The Kier molecular flexibility index (Phi) is 6.37. The fraction of sp³-hybridized carbons (Fsp3) is 0.300.